The molecule has 2 rings (SSSR count). The van der Waals surface area contributed by atoms with Gasteiger partial charge < -0.3 is 10.0 Å². The van der Waals surface area contributed by atoms with Gasteiger partial charge in [-0.3, -0.25) is 0 Å². The summed E-state index contributed by atoms with van der Waals surface area (Å²) in [5, 5.41) is 13.0. The molecule has 0 aliphatic rings. The van der Waals surface area contributed by atoms with Gasteiger partial charge in [0, 0.05) is 25.0 Å². The lowest BCUT2D eigenvalue weighted by Gasteiger charge is -2.22. The number of carboxylic acid groups (broad SMARTS) is 1. The summed E-state index contributed by atoms with van der Waals surface area (Å²) in [7, 11) is 0. The van der Waals surface area contributed by atoms with Crippen LogP contribution in [0.3, 0.4) is 0 Å². The van der Waals surface area contributed by atoms with Gasteiger partial charge in [-0.1, -0.05) is 0 Å². The maximum Gasteiger partial charge on any atom is 0.338 e. The van der Waals surface area contributed by atoms with Crippen molar-refractivity contribution in [1.82, 2.24) is 9.78 Å². The van der Waals surface area contributed by atoms with Crippen LogP contribution in [0.25, 0.3) is 5.69 Å². The number of benzene rings is 1. The summed E-state index contributed by atoms with van der Waals surface area (Å²) < 4.78 is 1.60. The average molecular weight is 273 g/mol. The van der Waals surface area contributed by atoms with Gasteiger partial charge in [-0.2, -0.15) is 5.10 Å². The minimum atomic E-state index is -0.964. The molecular formula is C15H19N3O2. The second kappa shape index (κ2) is 5.77. The Kier molecular flexibility index (Phi) is 4.08. The molecule has 1 heterocycles. The fourth-order valence-electron chi connectivity index (χ4n) is 2.25. The highest BCUT2D eigenvalue weighted by Crippen LogP contribution is 2.21. The van der Waals surface area contributed by atoms with E-state index in [1.165, 1.54) is 18.1 Å². The zero-order chi connectivity index (χ0) is 14.7. The predicted octanol–water partition coefficient (Wildman–Crippen LogP) is 2.73. The number of anilines is 1. The Morgan fingerprint density at radius 3 is 2.55 bits per heavy atom. The van der Waals surface area contributed by atoms with Crippen LogP contribution in [0.15, 0.2) is 30.6 Å². The van der Waals surface area contributed by atoms with E-state index in [0.29, 0.717) is 0 Å². The van der Waals surface area contributed by atoms with E-state index in [2.05, 4.69) is 29.9 Å². The van der Waals surface area contributed by atoms with Gasteiger partial charge in [0.1, 0.15) is 0 Å². The monoisotopic (exact) mass is 273 g/mol. The topological polar surface area (TPSA) is 58.4 Å². The Balaban J connectivity index is 2.35. The molecule has 0 saturated carbocycles. The smallest absolute Gasteiger partial charge is 0.338 e. The molecule has 5 nitrogen and oxygen atoms in total. The van der Waals surface area contributed by atoms with E-state index >= 15 is 0 Å². The number of aryl methyl sites for hydroxylation is 1. The summed E-state index contributed by atoms with van der Waals surface area (Å²) in [4.78, 5) is 13.2. The van der Waals surface area contributed by atoms with E-state index in [-0.39, 0.29) is 5.56 Å². The largest absolute Gasteiger partial charge is 0.478 e. The van der Waals surface area contributed by atoms with E-state index in [1.54, 1.807) is 4.68 Å². The van der Waals surface area contributed by atoms with Crippen LogP contribution in [0.4, 0.5) is 5.69 Å². The molecule has 0 unspecified atom stereocenters. The zero-order valence-corrected chi connectivity index (χ0v) is 12.0. The molecule has 106 valence electrons. The molecule has 1 aromatic heterocycles. The van der Waals surface area contributed by atoms with Gasteiger partial charge >= 0.3 is 5.97 Å². The van der Waals surface area contributed by atoms with Crippen LogP contribution in [0, 0.1) is 6.92 Å². The number of hydrogen-bond acceptors (Lipinski definition) is 3. The number of aromatic carboxylic acids is 1. The first-order chi connectivity index (χ1) is 9.56. The molecule has 2 aromatic rings. The zero-order valence-electron chi connectivity index (χ0n) is 12.0. The predicted molar refractivity (Wildman–Crippen MR) is 78.8 cm³/mol. The van der Waals surface area contributed by atoms with Crippen molar-refractivity contribution in [2.24, 2.45) is 0 Å². The molecule has 0 aliphatic heterocycles. The van der Waals surface area contributed by atoms with Crippen LogP contribution in [0.2, 0.25) is 0 Å². The quantitative estimate of drug-likeness (QED) is 0.910. The van der Waals surface area contributed by atoms with Gasteiger partial charge in [0.05, 0.1) is 17.4 Å². The third kappa shape index (κ3) is 2.66. The summed E-state index contributed by atoms with van der Waals surface area (Å²) >= 11 is 0. The number of nitrogens with zero attached hydrogens (tertiary/aromatic N) is 3. The molecule has 1 aromatic carbocycles. The van der Waals surface area contributed by atoms with E-state index < -0.39 is 5.97 Å². The summed E-state index contributed by atoms with van der Waals surface area (Å²) in [5.41, 5.74) is 3.32. The van der Waals surface area contributed by atoms with Crippen LogP contribution in [-0.4, -0.2) is 33.9 Å². The first kappa shape index (κ1) is 14.1. The van der Waals surface area contributed by atoms with Crippen molar-refractivity contribution in [3.63, 3.8) is 0 Å². The number of hydrogen-bond donors (Lipinski definition) is 1. The Morgan fingerprint density at radius 1 is 1.35 bits per heavy atom. The molecule has 0 spiro atoms. The third-order valence-corrected chi connectivity index (χ3v) is 3.39. The van der Waals surface area contributed by atoms with Crippen LogP contribution in [0.5, 0.6) is 0 Å². The van der Waals surface area contributed by atoms with Gasteiger partial charge in [-0.15, -0.1) is 0 Å². The highest BCUT2D eigenvalue weighted by Gasteiger charge is 2.10. The van der Waals surface area contributed by atoms with E-state index in [9.17, 15) is 4.79 Å². The summed E-state index contributed by atoms with van der Waals surface area (Å²) in [6, 6.07) is 6.11. The lowest BCUT2D eigenvalue weighted by molar-refractivity contribution is 0.0697. The SMILES string of the molecule is CCN(CC)c1ccc(-n2cc(C(=O)O)cn2)c(C)c1. The number of aromatic nitrogens is 2. The molecular weight excluding hydrogens is 254 g/mol. The number of carboxylic acids is 1. The minimum absolute atomic E-state index is 0.192. The Bertz CT molecular complexity index is 615. The fourth-order valence-corrected chi connectivity index (χ4v) is 2.25. The summed E-state index contributed by atoms with van der Waals surface area (Å²) in [6.07, 6.45) is 2.89. The van der Waals surface area contributed by atoms with Crippen molar-refractivity contribution in [3.8, 4) is 5.69 Å². The van der Waals surface area contributed by atoms with Crippen LogP contribution in [0.1, 0.15) is 29.8 Å². The molecule has 0 amide bonds. The van der Waals surface area contributed by atoms with Crippen molar-refractivity contribution >= 4 is 11.7 Å². The molecule has 0 fully saturated rings. The molecule has 0 atom stereocenters. The van der Waals surface area contributed by atoms with Gasteiger partial charge in [0.15, 0.2) is 0 Å². The van der Waals surface area contributed by atoms with Crippen molar-refractivity contribution < 1.29 is 9.90 Å². The normalized spacial score (nSPS) is 10.6. The summed E-state index contributed by atoms with van der Waals surface area (Å²) in [5.74, 6) is -0.964. The number of rotatable bonds is 5. The van der Waals surface area contributed by atoms with E-state index in [1.807, 2.05) is 19.1 Å². The fraction of sp³-hybridized carbons (Fsp3) is 0.333. The molecule has 0 bridgehead atoms. The first-order valence-electron chi connectivity index (χ1n) is 6.70. The van der Waals surface area contributed by atoms with Crippen LogP contribution < -0.4 is 4.90 Å². The molecule has 1 N–H and O–H groups in total. The van der Waals surface area contributed by atoms with Gasteiger partial charge in [-0.05, 0) is 44.5 Å². The lowest BCUT2D eigenvalue weighted by atomic mass is 10.1. The van der Waals surface area contributed by atoms with E-state index in [0.717, 1.165) is 24.3 Å². The van der Waals surface area contributed by atoms with Crippen molar-refractivity contribution in [2.45, 2.75) is 20.8 Å². The molecule has 0 radical (unpaired) electrons. The third-order valence-electron chi connectivity index (χ3n) is 3.39. The molecule has 0 saturated heterocycles. The molecule has 5 heteroatoms. The molecule has 20 heavy (non-hydrogen) atoms. The van der Waals surface area contributed by atoms with Gasteiger partial charge in [-0.25, -0.2) is 9.48 Å². The highest BCUT2D eigenvalue weighted by atomic mass is 16.4. The molecule has 0 aliphatic carbocycles. The van der Waals surface area contributed by atoms with Crippen molar-refractivity contribution in [2.75, 3.05) is 18.0 Å². The van der Waals surface area contributed by atoms with Crippen LogP contribution >= 0.6 is 0 Å². The van der Waals surface area contributed by atoms with Crippen molar-refractivity contribution in [1.29, 1.82) is 0 Å². The van der Waals surface area contributed by atoms with E-state index in [4.69, 9.17) is 5.11 Å². The number of carbonyl (C=O) groups is 1. The second-order valence-electron chi connectivity index (χ2n) is 4.62. The minimum Gasteiger partial charge on any atom is -0.478 e. The maximum atomic E-state index is 10.9. The van der Waals surface area contributed by atoms with Gasteiger partial charge in [0.25, 0.3) is 0 Å². The Morgan fingerprint density at radius 2 is 2.05 bits per heavy atom. The van der Waals surface area contributed by atoms with Crippen LogP contribution in [-0.2, 0) is 0 Å². The Labute approximate surface area is 118 Å². The lowest BCUT2D eigenvalue weighted by Crippen LogP contribution is -2.21. The highest BCUT2D eigenvalue weighted by molar-refractivity contribution is 5.87. The average Bonchev–Trinajstić information content (AvgIpc) is 2.90. The second-order valence-corrected chi connectivity index (χ2v) is 4.62. The maximum absolute atomic E-state index is 10.9. The summed E-state index contributed by atoms with van der Waals surface area (Å²) in [6.45, 7) is 8.17. The standard InChI is InChI=1S/C15H19N3O2/c1-4-17(5-2)13-6-7-14(11(3)8-13)18-10-12(9-16-18)15(19)20/h6-10H,4-5H2,1-3H3,(H,19,20). The van der Waals surface area contributed by atoms with Crippen molar-refractivity contribution in [3.05, 3.63) is 41.7 Å². The first-order valence-corrected chi connectivity index (χ1v) is 6.70. The Hall–Kier alpha value is -2.30. The van der Waals surface area contributed by atoms with Gasteiger partial charge in [0.2, 0.25) is 0 Å².